The molecule has 1 amide bonds. The third-order valence-electron chi connectivity index (χ3n) is 4.49. The van der Waals surface area contributed by atoms with Crippen molar-refractivity contribution in [3.8, 4) is 0 Å². The molecule has 1 fully saturated rings. The molecule has 0 spiro atoms. The zero-order valence-electron chi connectivity index (χ0n) is 14.9. The van der Waals surface area contributed by atoms with Crippen LogP contribution in [0.1, 0.15) is 30.9 Å². The van der Waals surface area contributed by atoms with Gasteiger partial charge in [-0.1, -0.05) is 19.0 Å². The molecular formula is C17H24N6O2. The molecule has 0 unspecified atom stereocenters. The molecule has 2 aromatic rings. The Kier molecular flexibility index (Phi) is 5.16. The summed E-state index contributed by atoms with van der Waals surface area (Å²) in [5.41, 5.74) is 2.07. The Hall–Kier alpha value is -2.64. The number of nitrogens with one attached hydrogen (secondary N) is 1. The van der Waals surface area contributed by atoms with E-state index in [1.54, 1.807) is 4.90 Å². The summed E-state index contributed by atoms with van der Waals surface area (Å²) in [7, 11) is 1.82. The van der Waals surface area contributed by atoms with Gasteiger partial charge in [0, 0.05) is 44.7 Å². The Bertz CT molecular complexity index is 723. The van der Waals surface area contributed by atoms with Gasteiger partial charge in [-0.2, -0.15) is 0 Å². The molecule has 2 aromatic heterocycles. The highest BCUT2D eigenvalue weighted by atomic mass is 16.5. The second-order valence-corrected chi connectivity index (χ2v) is 6.09. The summed E-state index contributed by atoms with van der Waals surface area (Å²) in [6.45, 7) is 6.54. The van der Waals surface area contributed by atoms with Gasteiger partial charge in [-0.05, 0) is 6.42 Å². The second-order valence-electron chi connectivity index (χ2n) is 6.09. The molecule has 0 atom stereocenters. The third kappa shape index (κ3) is 3.72. The van der Waals surface area contributed by atoms with Gasteiger partial charge in [0.05, 0.1) is 12.2 Å². The maximum absolute atomic E-state index is 11.9. The first-order chi connectivity index (χ1) is 12.1. The number of hydrogen-bond donors (Lipinski definition) is 1. The van der Waals surface area contributed by atoms with Crippen molar-refractivity contribution >= 4 is 17.5 Å². The Labute approximate surface area is 147 Å². The van der Waals surface area contributed by atoms with Gasteiger partial charge in [-0.15, -0.1) is 0 Å². The molecule has 1 N–H and O–H groups in total. The summed E-state index contributed by atoms with van der Waals surface area (Å²) in [6, 6.07) is 1.88. The Morgan fingerprint density at radius 1 is 1.24 bits per heavy atom. The number of carbonyl (C=O) groups is 1. The summed E-state index contributed by atoms with van der Waals surface area (Å²) in [6.07, 6.45) is 3.16. The molecule has 3 heterocycles. The Morgan fingerprint density at radius 2 is 2.08 bits per heavy atom. The van der Waals surface area contributed by atoms with Crippen LogP contribution in [-0.2, 0) is 24.2 Å². The number of rotatable bonds is 6. The molecule has 0 aliphatic carbocycles. The second kappa shape index (κ2) is 7.50. The molecule has 25 heavy (non-hydrogen) atoms. The van der Waals surface area contributed by atoms with E-state index in [9.17, 15) is 4.79 Å². The first-order valence-electron chi connectivity index (χ1n) is 8.63. The van der Waals surface area contributed by atoms with E-state index in [1.165, 1.54) is 6.33 Å². The van der Waals surface area contributed by atoms with Crippen molar-refractivity contribution in [3.63, 3.8) is 0 Å². The number of piperazine rings is 1. The van der Waals surface area contributed by atoms with Gasteiger partial charge in [0.1, 0.15) is 23.7 Å². The van der Waals surface area contributed by atoms with Crippen LogP contribution in [0.25, 0.3) is 0 Å². The van der Waals surface area contributed by atoms with E-state index < -0.39 is 0 Å². The highest BCUT2D eigenvalue weighted by molar-refractivity contribution is 5.82. The minimum absolute atomic E-state index is 0.101. The van der Waals surface area contributed by atoms with E-state index in [1.807, 2.05) is 18.0 Å². The van der Waals surface area contributed by atoms with Crippen molar-refractivity contribution in [2.75, 3.05) is 36.9 Å². The fourth-order valence-electron chi connectivity index (χ4n) is 2.89. The van der Waals surface area contributed by atoms with Gasteiger partial charge in [0.15, 0.2) is 0 Å². The maximum atomic E-state index is 11.9. The lowest BCUT2D eigenvalue weighted by molar-refractivity contribution is -0.129. The zero-order valence-corrected chi connectivity index (χ0v) is 14.9. The van der Waals surface area contributed by atoms with Crippen molar-refractivity contribution in [1.82, 2.24) is 20.0 Å². The van der Waals surface area contributed by atoms with Crippen LogP contribution in [0.3, 0.4) is 0 Å². The molecule has 1 aliphatic heterocycles. The SMILES string of the molecule is CCc1noc(CC)c1CNc1cc(N2CCN(C)C(=O)C2)ncn1. The molecular weight excluding hydrogens is 320 g/mol. The molecule has 0 aromatic carbocycles. The fraction of sp³-hybridized carbons (Fsp3) is 0.529. The van der Waals surface area contributed by atoms with Crippen LogP contribution >= 0.6 is 0 Å². The van der Waals surface area contributed by atoms with E-state index in [2.05, 4.69) is 34.3 Å². The Morgan fingerprint density at radius 3 is 2.80 bits per heavy atom. The van der Waals surface area contributed by atoms with Crippen molar-refractivity contribution in [3.05, 3.63) is 29.4 Å². The summed E-state index contributed by atoms with van der Waals surface area (Å²) >= 11 is 0. The first-order valence-corrected chi connectivity index (χ1v) is 8.63. The summed E-state index contributed by atoms with van der Waals surface area (Å²) in [4.78, 5) is 24.2. The number of anilines is 2. The summed E-state index contributed by atoms with van der Waals surface area (Å²) < 4.78 is 5.39. The summed E-state index contributed by atoms with van der Waals surface area (Å²) in [5.74, 6) is 2.49. The molecule has 8 nitrogen and oxygen atoms in total. The molecule has 0 radical (unpaired) electrons. The van der Waals surface area contributed by atoms with E-state index >= 15 is 0 Å². The lowest BCUT2D eigenvalue weighted by Gasteiger charge is -2.32. The van der Waals surface area contributed by atoms with Gasteiger partial charge in [-0.3, -0.25) is 4.79 Å². The summed E-state index contributed by atoms with van der Waals surface area (Å²) in [5, 5.41) is 7.45. The van der Waals surface area contributed by atoms with Gasteiger partial charge in [0.25, 0.3) is 0 Å². The number of likely N-dealkylation sites (N-methyl/N-ethyl adjacent to an activating group) is 1. The van der Waals surface area contributed by atoms with Crippen LogP contribution in [0.4, 0.5) is 11.6 Å². The number of aryl methyl sites for hydroxylation is 2. The van der Waals surface area contributed by atoms with Crippen LogP contribution in [-0.4, -0.2) is 52.6 Å². The van der Waals surface area contributed by atoms with Crippen molar-refractivity contribution in [2.45, 2.75) is 33.2 Å². The average Bonchev–Trinajstić information content (AvgIpc) is 3.04. The van der Waals surface area contributed by atoms with E-state index in [-0.39, 0.29) is 5.91 Å². The number of aromatic nitrogens is 3. The minimum Gasteiger partial charge on any atom is -0.366 e. The van der Waals surface area contributed by atoms with Gasteiger partial charge in [-0.25, -0.2) is 9.97 Å². The number of carbonyl (C=O) groups excluding carboxylic acids is 1. The number of hydrogen-bond acceptors (Lipinski definition) is 7. The highest BCUT2D eigenvalue weighted by Crippen LogP contribution is 2.20. The highest BCUT2D eigenvalue weighted by Gasteiger charge is 2.22. The molecule has 134 valence electrons. The standard InChI is InChI=1S/C17H24N6O2/c1-4-13-12(14(5-2)25-21-13)9-18-15-8-16(20-11-19-15)23-7-6-22(3)17(24)10-23/h8,11H,4-7,9-10H2,1-3H3,(H,18,19,20). The van der Waals surface area contributed by atoms with Crippen molar-refractivity contribution in [1.29, 1.82) is 0 Å². The molecule has 8 heteroatoms. The molecule has 1 saturated heterocycles. The minimum atomic E-state index is 0.101. The first kappa shape index (κ1) is 17.2. The van der Waals surface area contributed by atoms with Crippen LogP contribution in [0.5, 0.6) is 0 Å². The van der Waals surface area contributed by atoms with E-state index in [0.29, 0.717) is 19.6 Å². The largest absolute Gasteiger partial charge is 0.366 e. The fourth-order valence-corrected chi connectivity index (χ4v) is 2.89. The van der Waals surface area contributed by atoms with Crippen molar-refractivity contribution < 1.29 is 9.32 Å². The molecule has 0 bridgehead atoms. The molecule has 3 rings (SSSR count). The van der Waals surface area contributed by atoms with E-state index in [0.717, 1.165) is 48.0 Å². The Balaban J connectivity index is 1.70. The van der Waals surface area contributed by atoms with Crippen molar-refractivity contribution in [2.24, 2.45) is 0 Å². The predicted octanol–water partition coefficient (Wildman–Crippen LogP) is 1.48. The van der Waals surface area contributed by atoms with Gasteiger partial charge < -0.3 is 19.6 Å². The van der Waals surface area contributed by atoms with Crippen LogP contribution in [0.15, 0.2) is 16.9 Å². The topological polar surface area (TPSA) is 87.4 Å². The normalized spacial score (nSPS) is 14.9. The number of amides is 1. The zero-order chi connectivity index (χ0) is 17.8. The molecule has 0 saturated carbocycles. The monoisotopic (exact) mass is 344 g/mol. The number of nitrogens with zero attached hydrogens (tertiary/aromatic N) is 5. The quantitative estimate of drug-likeness (QED) is 0.849. The van der Waals surface area contributed by atoms with E-state index in [4.69, 9.17) is 4.52 Å². The van der Waals surface area contributed by atoms with Gasteiger partial charge in [0.2, 0.25) is 5.91 Å². The smallest absolute Gasteiger partial charge is 0.241 e. The lowest BCUT2D eigenvalue weighted by Crippen LogP contribution is -2.48. The lowest BCUT2D eigenvalue weighted by atomic mass is 10.1. The average molecular weight is 344 g/mol. The van der Waals surface area contributed by atoms with Crippen LogP contribution in [0.2, 0.25) is 0 Å². The predicted molar refractivity (Wildman–Crippen MR) is 94.5 cm³/mol. The van der Waals surface area contributed by atoms with Crippen LogP contribution < -0.4 is 10.2 Å². The molecule has 1 aliphatic rings. The third-order valence-corrected chi connectivity index (χ3v) is 4.49. The maximum Gasteiger partial charge on any atom is 0.241 e. The van der Waals surface area contributed by atoms with Crippen LogP contribution in [0, 0.1) is 0 Å². The van der Waals surface area contributed by atoms with Gasteiger partial charge >= 0.3 is 0 Å².